The molecule has 1 aromatic heterocycles. The molecule has 0 spiro atoms. The fourth-order valence-electron chi connectivity index (χ4n) is 2.57. The number of aliphatic imine (C=N–C) groups is 1. The average Bonchev–Trinajstić information content (AvgIpc) is 3.23. The number of nitrogens with zero attached hydrogens (tertiary/aromatic N) is 4. The van der Waals surface area contributed by atoms with Gasteiger partial charge in [0, 0.05) is 32.7 Å². The summed E-state index contributed by atoms with van der Waals surface area (Å²) in [6, 6.07) is 0. The van der Waals surface area contributed by atoms with Crippen LogP contribution in [0, 0.1) is 0 Å². The number of hydrogen-bond acceptors (Lipinski definition) is 4. The number of aromatic nitrogens is 3. The summed E-state index contributed by atoms with van der Waals surface area (Å²) in [7, 11) is 0. The van der Waals surface area contributed by atoms with Crippen molar-refractivity contribution in [1.29, 1.82) is 0 Å². The van der Waals surface area contributed by atoms with Gasteiger partial charge in [0.15, 0.2) is 5.96 Å². The topological polar surface area (TPSA) is 76.4 Å². The molecule has 0 aliphatic carbocycles. The van der Waals surface area contributed by atoms with Crippen LogP contribution >= 0.6 is 0 Å². The summed E-state index contributed by atoms with van der Waals surface area (Å²) in [6.07, 6.45) is 7.55. The highest BCUT2D eigenvalue weighted by molar-refractivity contribution is 5.79. The fraction of sp³-hybridized carbons (Fsp3) is 0.812. The Morgan fingerprint density at radius 2 is 2.26 bits per heavy atom. The van der Waals surface area contributed by atoms with Crippen LogP contribution in [0.1, 0.15) is 45.4 Å². The normalized spacial score (nSPS) is 18.3. The van der Waals surface area contributed by atoms with Crippen LogP contribution in [-0.2, 0) is 17.7 Å². The molecule has 1 fully saturated rings. The van der Waals surface area contributed by atoms with Crippen molar-refractivity contribution in [3.63, 3.8) is 0 Å². The van der Waals surface area contributed by atoms with Crippen LogP contribution in [-0.4, -0.2) is 53.1 Å². The number of rotatable bonds is 9. The first-order valence-corrected chi connectivity index (χ1v) is 8.84. The highest BCUT2D eigenvalue weighted by Gasteiger charge is 2.14. The monoisotopic (exact) mass is 322 g/mol. The summed E-state index contributed by atoms with van der Waals surface area (Å²) >= 11 is 0. The van der Waals surface area contributed by atoms with Gasteiger partial charge < -0.3 is 19.9 Å². The van der Waals surface area contributed by atoms with Crippen molar-refractivity contribution in [2.24, 2.45) is 4.99 Å². The molecular formula is C16H30N6O. The second kappa shape index (κ2) is 10.2. The first-order valence-electron chi connectivity index (χ1n) is 8.84. The minimum absolute atomic E-state index is 0.282. The van der Waals surface area contributed by atoms with E-state index in [0.717, 1.165) is 70.3 Å². The van der Waals surface area contributed by atoms with Crippen LogP contribution in [0.5, 0.6) is 0 Å². The quantitative estimate of drug-likeness (QED) is 0.408. The Morgan fingerprint density at radius 3 is 3.00 bits per heavy atom. The molecule has 7 heteroatoms. The molecule has 1 aliphatic heterocycles. The molecule has 130 valence electrons. The maximum absolute atomic E-state index is 5.64. The molecular weight excluding hydrogens is 292 g/mol. The van der Waals surface area contributed by atoms with E-state index in [9.17, 15) is 0 Å². The Balaban J connectivity index is 1.79. The molecule has 1 unspecified atom stereocenters. The van der Waals surface area contributed by atoms with Crippen molar-refractivity contribution in [3.05, 3.63) is 12.2 Å². The molecule has 7 nitrogen and oxygen atoms in total. The number of nitrogens with one attached hydrogen (secondary N) is 2. The number of guanidine groups is 1. The molecule has 1 aliphatic rings. The molecule has 0 bridgehead atoms. The lowest BCUT2D eigenvalue weighted by molar-refractivity contribution is 0.117. The van der Waals surface area contributed by atoms with Crippen molar-refractivity contribution in [2.45, 2.75) is 58.6 Å². The molecule has 2 rings (SSSR count). The Kier molecular flexibility index (Phi) is 7.86. The predicted molar refractivity (Wildman–Crippen MR) is 91.6 cm³/mol. The van der Waals surface area contributed by atoms with E-state index in [1.165, 1.54) is 6.42 Å². The van der Waals surface area contributed by atoms with Gasteiger partial charge in [0.2, 0.25) is 0 Å². The summed E-state index contributed by atoms with van der Waals surface area (Å²) in [5.41, 5.74) is 0. The second-order valence-corrected chi connectivity index (χ2v) is 5.83. The van der Waals surface area contributed by atoms with Gasteiger partial charge in [0.25, 0.3) is 0 Å². The number of aryl methyl sites for hydroxylation is 1. The third-order valence-corrected chi connectivity index (χ3v) is 3.96. The van der Waals surface area contributed by atoms with Crippen LogP contribution in [0.15, 0.2) is 11.3 Å². The lowest BCUT2D eigenvalue weighted by Crippen LogP contribution is -2.40. The Morgan fingerprint density at radius 1 is 1.39 bits per heavy atom. The molecule has 23 heavy (non-hydrogen) atoms. The third kappa shape index (κ3) is 6.17. The van der Waals surface area contributed by atoms with Crippen LogP contribution in [0.2, 0.25) is 0 Å². The molecule has 2 heterocycles. The zero-order valence-corrected chi connectivity index (χ0v) is 14.4. The molecule has 0 radical (unpaired) electrons. The molecule has 2 N–H and O–H groups in total. The van der Waals surface area contributed by atoms with Crippen LogP contribution in [0.4, 0.5) is 0 Å². The van der Waals surface area contributed by atoms with E-state index in [0.29, 0.717) is 0 Å². The summed E-state index contributed by atoms with van der Waals surface area (Å²) in [4.78, 5) is 4.67. The van der Waals surface area contributed by atoms with Crippen molar-refractivity contribution in [1.82, 2.24) is 25.4 Å². The molecule has 1 saturated heterocycles. The standard InChI is InChI=1S/C16H30N6O/c1-3-5-8-17-16(19-12-14-7-6-11-23-14)18-9-10-22-13-20-21-15(22)4-2/h13-14H,3-12H2,1-2H3,(H2,17,18,19). The van der Waals surface area contributed by atoms with E-state index in [1.54, 1.807) is 6.33 Å². The fourth-order valence-corrected chi connectivity index (χ4v) is 2.57. The van der Waals surface area contributed by atoms with E-state index >= 15 is 0 Å². The van der Waals surface area contributed by atoms with Gasteiger partial charge in [-0.15, -0.1) is 10.2 Å². The van der Waals surface area contributed by atoms with Crippen molar-refractivity contribution >= 4 is 5.96 Å². The van der Waals surface area contributed by atoms with Gasteiger partial charge in [0.05, 0.1) is 12.6 Å². The summed E-state index contributed by atoms with van der Waals surface area (Å²) in [5, 5.41) is 14.9. The Bertz CT molecular complexity index is 467. The summed E-state index contributed by atoms with van der Waals surface area (Å²) < 4.78 is 7.72. The molecule has 1 aromatic rings. The van der Waals surface area contributed by atoms with E-state index in [4.69, 9.17) is 4.74 Å². The van der Waals surface area contributed by atoms with E-state index in [-0.39, 0.29) is 6.10 Å². The van der Waals surface area contributed by atoms with Gasteiger partial charge in [-0.05, 0) is 19.3 Å². The van der Waals surface area contributed by atoms with Gasteiger partial charge in [-0.25, -0.2) is 0 Å². The summed E-state index contributed by atoms with van der Waals surface area (Å²) in [5.74, 6) is 1.89. The first-order chi connectivity index (χ1) is 11.3. The SMILES string of the molecule is CCCCNC(=NCC1CCCO1)NCCn1cnnc1CC. The molecule has 0 aromatic carbocycles. The Hall–Kier alpha value is -1.63. The van der Waals surface area contributed by atoms with E-state index < -0.39 is 0 Å². The maximum atomic E-state index is 5.64. The zero-order valence-electron chi connectivity index (χ0n) is 14.4. The smallest absolute Gasteiger partial charge is 0.191 e. The number of ether oxygens (including phenoxy) is 1. The molecule has 0 saturated carbocycles. The second-order valence-electron chi connectivity index (χ2n) is 5.83. The summed E-state index contributed by atoms with van der Waals surface area (Å²) in [6.45, 7) is 8.47. The predicted octanol–water partition coefficient (Wildman–Crippen LogP) is 1.35. The largest absolute Gasteiger partial charge is 0.376 e. The third-order valence-electron chi connectivity index (χ3n) is 3.96. The van der Waals surface area contributed by atoms with Crippen LogP contribution in [0.25, 0.3) is 0 Å². The van der Waals surface area contributed by atoms with E-state index in [2.05, 4.69) is 44.2 Å². The average molecular weight is 322 g/mol. The zero-order chi connectivity index (χ0) is 16.3. The highest BCUT2D eigenvalue weighted by atomic mass is 16.5. The number of unbranched alkanes of at least 4 members (excludes halogenated alkanes) is 1. The van der Waals surface area contributed by atoms with Gasteiger partial charge >= 0.3 is 0 Å². The first kappa shape index (κ1) is 17.7. The van der Waals surface area contributed by atoms with Crippen molar-refractivity contribution in [3.8, 4) is 0 Å². The van der Waals surface area contributed by atoms with Gasteiger partial charge in [-0.2, -0.15) is 0 Å². The molecule has 0 amide bonds. The van der Waals surface area contributed by atoms with Gasteiger partial charge in [-0.3, -0.25) is 4.99 Å². The van der Waals surface area contributed by atoms with Crippen LogP contribution < -0.4 is 10.6 Å². The highest BCUT2D eigenvalue weighted by Crippen LogP contribution is 2.11. The van der Waals surface area contributed by atoms with Gasteiger partial charge in [0.1, 0.15) is 12.2 Å². The van der Waals surface area contributed by atoms with Crippen molar-refractivity contribution < 1.29 is 4.74 Å². The van der Waals surface area contributed by atoms with Gasteiger partial charge in [-0.1, -0.05) is 20.3 Å². The van der Waals surface area contributed by atoms with Crippen molar-refractivity contribution in [2.75, 3.05) is 26.2 Å². The Labute approximate surface area is 138 Å². The minimum atomic E-state index is 0.282. The lowest BCUT2D eigenvalue weighted by Gasteiger charge is -2.14. The van der Waals surface area contributed by atoms with Crippen LogP contribution in [0.3, 0.4) is 0 Å². The minimum Gasteiger partial charge on any atom is -0.376 e. The molecule has 1 atom stereocenters. The lowest BCUT2D eigenvalue weighted by atomic mass is 10.2. The maximum Gasteiger partial charge on any atom is 0.191 e. The number of hydrogen-bond donors (Lipinski definition) is 2. The van der Waals surface area contributed by atoms with E-state index in [1.807, 2.05) is 0 Å².